The highest BCUT2D eigenvalue weighted by Crippen LogP contribution is 2.26. The SMILES string of the molecule is CCn1cnc2cccc(N3CCNCC3)c21. The van der Waals surface area contributed by atoms with Crippen molar-refractivity contribution in [3.05, 3.63) is 24.5 Å². The maximum Gasteiger partial charge on any atom is 0.0958 e. The summed E-state index contributed by atoms with van der Waals surface area (Å²) in [6.45, 7) is 7.42. The van der Waals surface area contributed by atoms with Crippen molar-refractivity contribution in [2.75, 3.05) is 31.1 Å². The van der Waals surface area contributed by atoms with E-state index in [2.05, 4.69) is 44.9 Å². The minimum absolute atomic E-state index is 0.972. The quantitative estimate of drug-likeness (QED) is 0.848. The maximum absolute atomic E-state index is 4.47. The minimum Gasteiger partial charge on any atom is -0.367 e. The molecule has 0 atom stereocenters. The number of aryl methyl sites for hydroxylation is 1. The van der Waals surface area contributed by atoms with Gasteiger partial charge in [-0.25, -0.2) is 4.98 Å². The summed E-state index contributed by atoms with van der Waals surface area (Å²) in [5.74, 6) is 0. The summed E-state index contributed by atoms with van der Waals surface area (Å²) in [5.41, 5.74) is 3.70. The first-order valence-electron chi connectivity index (χ1n) is 6.29. The van der Waals surface area contributed by atoms with Gasteiger partial charge in [-0.05, 0) is 19.1 Å². The molecule has 17 heavy (non-hydrogen) atoms. The van der Waals surface area contributed by atoms with Gasteiger partial charge < -0.3 is 14.8 Å². The lowest BCUT2D eigenvalue weighted by molar-refractivity contribution is 0.589. The molecule has 0 unspecified atom stereocenters. The van der Waals surface area contributed by atoms with Gasteiger partial charge in [-0.15, -0.1) is 0 Å². The Hall–Kier alpha value is -1.55. The lowest BCUT2D eigenvalue weighted by Gasteiger charge is -2.30. The van der Waals surface area contributed by atoms with Gasteiger partial charge in [0.05, 0.1) is 23.0 Å². The highest BCUT2D eigenvalue weighted by molar-refractivity contribution is 5.89. The molecule has 1 saturated heterocycles. The van der Waals surface area contributed by atoms with Gasteiger partial charge in [0.15, 0.2) is 0 Å². The largest absolute Gasteiger partial charge is 0.367 e. The normalized spacial score (nSPS) is 16.6. The van der Waals surface area contributed by atoms with Gasteiger partial charge in [0.25, 0.3) is 0 Å². The van der Waals surface area contributed by atoms with Gasteiger partial charge >= 0.3 is 0 Å². The number of nitrogens with one attached hydrogen (secondary N) is 1. The van der Waals surface area contributed by atoms with Crippen molar-refractivity contribution >= 4 is 16.7 Å². The van der Waals surface area contributed by atoms with Crippen molar-refractivity contribution in [2.45, 2.75) is 13.5 Å². The van der Waals surface area contributed by atoms with E-state index in [1.807, 2.05) is 6.33 Å². The van der Waals surface area contributed by atoms with E-state index in [4.69, 9.17) is 0 Å². The second-order valence-corrected chi connectivity index (χ2v) is 4.41. The molecule has 4 heteroatoms. The third-order valence-electron chi connectivity index (χ3n) is 3.42. The fourth-order valence-corrected chi connectivity index (χ4v) is 2.51. The summed E-state index contributed by atoms with van der Waals surface area (Å²) in [6, 6.07) is 6.40. The molecule has 1 N–H and O–H groups in total. The van der Waals surface area contributed by atoms with E-state index in [1.54, 1.807) is 0 Å². The number of hydrogen-bond donors (Lipinski definition) is 1. The Morgan fingerprint density at radius 1 is 1.29 bits per heavy atom. The van der Waals surface area contributed by atoms with Crippen LogP contribution >= 0.6 is 0 Å². The third-order valence-corrected chi connectivity index (χ3v) is 3.42. The Balaban J connectivity index is 2.10. The molecule has 2 aromatic rings. The molecule has 90 valence electrons. The van der Waals surface area contributed by atoms with E-state index in [1.165, 1.54) is 11.2 Å². The van der Waals surface area contributed by atoms with E-state index in [-0.39, 0.29) is 0 Å². The molecule has 3 rings (SSSR count). The number of piperazine rings is 1. The maximum atomic E-state index is 4.47. The van der Waals surface area contributed by atoms with Crippen molar-refractivity contribution < 1.29 is 0 Å². The van der Waals surface area contributed by atoms with Crippen molar-refractivity contribution in [1.82, 2.24) is 14.9 Å². The molecule has 0 amide bonds. The molecule has 1 aromatic heterocycles. The molecule has 4 nitrogen and oxygen atoms in total. The second kappa shape index (κ2) is 4.37. The fourth-order valence-electron chi connectivity index (χ4n) is 2.51. The number of fused-ring (bicyclic) bond motifs is 1. The Bertz CT molecular complexity index is 511. The van der Waals surface area contributed by atoms with Crippen LogP contribution in [0.4, 0.5) is 5.69 Å². The van der Waals surface area contributed by atoms with Crippen molar-refractivity contribution in [2.24, 2.45) is 0 Å². The number of hydrogen-bond acceptors (Lipinski definition) is 3. The predicted octanol–water partition coefficient (Wildman–Crippen LogP) is 1.47. The summed E-state index contributed by atoms with van der Waals surface area (Å²) in [7, 11) is 0. The van der Waals surface area contributed by atoms with Crippen LogP contribution in [-0.2, 0) is 6.54 Å². The summed E-state index contributed by atoms with van der Waals surface area (Å²) in [6.07, 6.45) is 1.94. The molecular weight excluding hydrogens is 212 g/mol. The summed E-state index contributed by atoms with van der Waals surface area (Å²) in [4.78, 5) is 6.92. The van der Waals surface area contributed by atoms with E-state index in [9.17, 15) is 0 Å². The lowest BCUT2D eigenvalue weighted by Crippen LogP contribution is -2.43. The van der Waals surface area contributed by atoms with Crippen molar-refractivity contribution in [1.29, 1.82) is 0 Å². The molecule has 0 aliphatic carbocycles. The number of nitrogens with zero attached hydrogens (tertiary/aromatic N) is 3. The molecule has 0 saturated carbocycles. The Morgan fingerprint density at radius 2 is 2.12 bits per heavy atom. The van der Waals surface area contributed by atoms with E-state index >= 15 is 0 Å². The summed E-state index contributed by atoms with van der Waals surface area (Å²) in [5, 5.41) is 3.39. The number of imidazole rings is 1. The molecule has 1 fully saturated rings. The molecule has 1 aromatic carbocycles. The van der Waals surface area contributed by atoms with Crippen LogP contribution in [0.1, 0.15) is 6.92 Å². The van der Waals surface area contributed by atoms with Gasteiger partial charge in [0.1, 0.15) is 0 Å². The molecule has 1 aliphatic rings. The van der Waals surface area contributed by atoms with E-state index < -0.39 is 0 Å². The van der Waals surface area contributed by atoms with Crippen LogP contribution in [0.3, 0.4) is 0 Å². The standard InChI is InChI=1S/C13H18N4/c1-2-16-10-15-11-4-3-5-12(13(11)16)17-8-6-14-7-9-17/h3-5,10,14H,2,6-9H2,1H3. The topological polar surface area (TPSA) is 33.1 Å². The first-order chi connectivity index (χ1) is 8.40. The van der Waals surface area contributed by atoms with Crippen LogP contribution in [0.25, 0.3) is 11.0 Å². The molecule has 1 aliphatic heterocycles. The van der Waals surface area contributed by atoms with Gasteiger partial charge in [-0.2, -0.15) is 0 Å². The molecular formula is C13H18N4. The molecule has 2 heterocycles. The number of para-hydroxylation sites is 1. The van der Waals surface area contributed by atoms with Crippen molar-refractivity contribution in [3.63, 3.8) is 0 Å². The number of anilines is 1. The van der Waals surface area contributed by atoms with Crippen LogP contribution < -0.4 is 10.2 Å². The summed E-state index contributed by atoms with van der Waals surface area (Å²) < 4.78 is 2.23. The zero-order valence-corrected chi connectivity index (χ0v) is 10.2. The first-order valence-corrected chi connectivity index (χ1v) is 6.29. The van der Waals surface area contributed by atoms with Crippen LogP contribution in [0.2, 0.25) is 0 Å². The zero-order chi connectivity index (χ0) is 11.7. The highest BCUT2D eigenvalue weighted by Gasteiger charge is 2.15. The Morgan fingerprint density at radius 3 is 2.88 bits per heavy atom. The van der Waals surface area contributed by atoms with E-state index in [0.29, 0.717) is 0 Å². The van der Waals surface area contributed by atoms with Gasteiger partial charge in [0.2, 0.25) is 0 Å². The molecule has 0 bridgehead atoms. The Labute approximate surface area is 101 Å². The monoisotopic (exact) mass is 230 g/mol. The average Bonchev–Trinajstić information content (AvgIpc) is 2.82. The molecule has 0 spiro atoms. The summed E-state index contributed by atoms with van der Waals surface area (Å²) >= 11 is 0. The van der Waals surface area contributed by atoms with Gasteiger partial charge in [-0.1, -0.05) is 6.07 Å². The second-order valence-electron chi connectivity index (χ2n) is 4.41. The third kappa shape index (κ3) is 1.78. The van der Waals surface area contributed by atoms with Crippen LogP contribution in [0, 0.1) is 0 Å². The molecule has 0 radical (unpaired) electrons. The minimum atomic E-state index is 0.972. The fraction of sp³-hybridized carbons (Fsp3) is 0.462. The smallest absolute Gasteiger partial charge is 0.0958 e. The first kappa shape index (κ1) is 10.6. The van der Waals surface area contributed by atoms with E-state index in [0.717, 1.165) is 38.2 Å². The highest BCUT2D eigenvalue weighted by atomic mass is 15.2. The lowest BCUT2D eigenvalue weighted by atomic mass is 10.2. The number of rotatable bonds is 2. The Kier molecular flexibility index (Phi) is 2.73. The average molecular weight is 230 g/mol. The predicted molar refractivity (Wildman–Crippen MR) is 70.5 cm³/mol. The van der Waals surface area contributed by atoms with Crippen molar-refractivity contribution in [3.8, 4) is 0 Å². The van der Waals surface area contributed by atoms with Crippen LogP contribution in [0.15, 0.2) is 24.5 Å². The number of benzene rings is 1. The van der Waals surface area contributed by atoms with Crippen LogP contribution in [-0.4, -0.2) is 35.7 Å². The van der Waals surface area contributed by atoms with Gasteiger partial charge in [-0.3, -0.25) is 0 Å². The number of aromatic nitrogens is 2. The van der Waals surface area contributed by atoms with Crippen LogP contribution in [0.5, 0.6) is 0 Å². The zero-order valence-electron chi connectivity index (χ0n) is 10.2. The van der Waals surface area contributed by atoms with Gasteiger partial charge in [0, 0.05) is 32.7 Å².